The van der Waals surface area contributed by atoms with E-state index in [9.17, 15) is 19.2 Å². The lowest BCUT2D eigenvalue weighted by Gasteiger charge is -2.34. The van der Waals surface area contributed by atoms with Gasteiger partial charge in [0, 0.05) is 30.5 Å². The van der Waals surface area contributed by atoms with Crippen molar-refractivity contribution in [3.05, 3.63) is 24.3 Å². The first-order chi connectivity index (χ1) is 15.0. The van der Waals surface area contributed by atoms with Crippen molar-refractivity contribution in [1.82, 2.24) is 9.80 Å². The number of carbonyl (C=O) groups is 4. The van der Waals surface area contributed by atoms with E-state index in [2.05, 4.69) is 10.2 Å². The smallest absolute Gasteiger partial charge is 0.334 e. The van der Waals surface area contributed by atoms with Crippen LogP contribution in [0.25, 0.3) is 0 Å². The summed E-state index contributed by atoms with van der Waals surface area (Å²) in [5.74, 6) is -2.08. The molecular weight excluding hydrogens is 396 g/mol. The second kappa shape index (κ2) is 9.08. The van der Waals surface area contributed by atoms with Gasteiger partial charge in [0.2, 0.25) is 5.91 Å². The van der Waals surface area contributed by atoms with Gasteiger partial charge in [-0.1, -0.05) is 19.8 Å². The van der Waals surface area contributed by atoms with Crippen molar-refractivity contribution >= 4 is 35.1 Å². The number of nitrogens with one attached hydrogen (secondary N) is 1. The van der Waals surface area contributed by atoms with Crippen LogP contribution in [0.4, 0.5) is 16.2 Å². The topological polar surface area (TPSA) is 90.0 Å². The van der Waals surface area contributed by atoms with E-state index < -0.39 is 30.3 Å². The van der Waals surface area contributed by atoms with Crippen LogP contribution in [-0.2, 0) is 14.4 Å². The van der Waals surface area contributed by atoms with Gasteiger partial charge in [0.25, 0.3) is 0 Å². The highest BCUT2D eigenvalue weighted by molar-refractivity contribution is 6.45. The summed E-state index contributed by atoms with van der Waals surface area (Å²) in [6.45, 7) is 3.61. The van der Waals surface area contributed by atoms with Crippen molar-refractivity contribution in [3.63, 3.8) is 0 Å². The van der Waals surface area contributed by atoms with Crippen molar-refractivity contribution in [2.24, 2.45) is 5.92 Å². The Morgan fingerprint density at radius 2 is 1.61 bits per heavy atom. The molecule has 0 bridgehead atoms. The molecule has 1 aliphatic carbocycles. The first kappa shape index (κ1) is 21.3. The number of hydrogen-bond donors (Lipinski definition) is 1. The lowest BCUT2D eigenvalue weighted by atomic mass is 9.85. The fraction of sp³-hybridized carbons (Fsp3) is 0.565. The SMILES string of the molecule is C[C@H]1CCCC[C@@H]1N1C(=O)C(=O)N(CC(=O)Nc2ccc(N3CCCCC3)cc2)C1=O. The van der Waals surface area contributed by atoms with E-state index in [1.54, 1.807) is 0 Å². The second-order valence-electron chi connectivity index (χ2n) is 8.82. The highest BCUT2D eigenvalue weighted by atomic mass is 16.2. The van der Waals surface area contributed by atoms with Crippen LogP contribution in [0.1, 0.15) is 51.9 Å². The van der Waals surface area contributed by atoms with Gasteiger partial charge in [0.1, 0.15) is 6.54 Å². The number of rotatable bonds is 5. The summed E-state index contributed by atoms with van der Waals surface area (Å²) >= 11 is 0. The Kier molecular flexibility index (Phi) is 6.25. The maximum Gasteiger partial charge on any atom is 0.334 e. The largest absolute Gasteiger partial charge is 0.372 e. The van der Waals surface area contributed by atoms with Gasteiger partial charge in [-0.2, -0.15) is 0 Å². The first-order valence-electron chi connectivity index (χ1n) is 11.3. The van der Waals surface area contributed by atoms with Crippen molar-refractivity contribution in [2.75, 3.05) is 29.9 Å². The molecule has 2 atom stereocenters. The van der Waals surface area contributed by atoms with E-state index in [0.717, 1.165) is 47.8 Å². The molecule has 1 N–H and O–H groups in total. The Morgan fingerprint density at radius 1 is 0.935 bits per heavy atom. The standard InChI is InChI=1S/C23H30N4O4/c1-16-7-3-4-8-19(16)27-22(30)21(29)26(23(27)31)15-20(28)24-17-9-11-18(12-10-17)25-13-5-2-6-14-25/h9-12,16,19H,2-8,13-15H2,1H3,(H,24,28)/t16-,19-/m0/s1. The van der Waals surface area contributed by atoms with Crippen LogP contribution in [0, 0.1) is 5.92 Å². The predicted octanol–water partition coefficient (Wildman–Crippen LogP) is 2.98. The molecule has 0 aromatic heterocycles. The van der Waals surface area contributed by atoms with Gasteiger partial charge >= 0.3 is 17.8 Å². The van der Waals surface area contributed by atoms with Crippen LogP contribution in [0.15, 0.2) is 24.3 Å². The number of piperidine rings is 1. The predicted molar refractivity (Wildman–Crippen MR) is 117 cm³/mol. The average Bonchev–Trinajstić information content (AvgIpc) is 2.98. The van der Waals surface area contributed by atoms with Crippen LogP contribution < -0.4 is 10.2 Å². The Hall–Kier alpha value is -2.90. The van der Waals surface area contributed by atoms with Crippen LogP contribution in [0.5, 0.6) is 0 Å². The number of anilines is 2. The minimum Gasteiger partial charge on any atom is -0.372 e. The van der Waals surface area contributed by atoms with Crippen LogP contribution >= 0.6 is 0 Å². The minimum absolute atomic E-state index is 0.154. The Bertz CT molecular complexity index is 863. The molecule has 1 aromatic carbocycles. The lowest BCUT2D eigenvalue weighted by Crippen LogP contribution is -2.46. The maximum atomic E-state index is 12.8. The normalized spacial score (nSPS) is 24.7. The summed E-state index contributed by atoms with van der Waals surface area (Å²) in [7, 11) is 0. The zero-order valence-corrected chi connectivity index (χ0v) is 18.0. The lowest BCUT2D eigenvalue weighted by molar-refractivity contribution is -0.145. The molecule has 31 heavy (non-hydrogen) atoms. The molecule has 2 aliphatic heterocycles. The molecule has 4 rings (SSSR count). The van der Waals surface area contributed by atoms with Gasteiger partial charge in [-0.05, 0) is 62.3 Å². The van der Waals surface area contributed by atoms with E-state index in [4.69, 9.17) is 0 Å². The molecule has 2 saturated heterocycles. The number of carbonyl (C=O) groups excluding carboxylic acids is 4. The second-order valence-corrected chi connectivity index (χ2v) is 8.82. The summed E-state index contributed by atoms with van der Waals surface area (Å²) in [5.41, 5.74) is 1.71. The van der Waals surface area contributed by atoms with E-state index in [1.165, 1.54) is 19.3 Å². The van der Waals surface area contributed by atoms with E-state index in [1.807, 2.05) is 31.2 Å². The van der Waals surface area contributed by atoms with Crippen LogP contribution in [0.2, 0.25) is 0 Å². The van der Waals surface area contributed by atoms with E-state index in [-0.39, 0.29) is 12.0 Å². The minimum atomic E-state index is -0.918. The maximum absolute atomic E-state index is 12.8. The molecule has 1 saturated carbocycles. The van der Waals surface area contributed by atoms with Crippen molar-refractivity contribution < 1.29 is 19.2 Å². The monoisotopic (exact) mass is 426 g/mol. The van der Waals surface area contributed by atoms with Gasteiger partial charge in [0.05, 0.1) is 0 Å². The Morgan fingerprint density at radius 3 is 2.29 bits per heavy atom. The van der Waals surface area contributed by atoms with Gasteiger partial charge in [-0.15, -0.1) is 0 Å². The number of amides is 5. The third-order valence-electron chi connectivity index (χ3n) is 6.66. The van der Waals surface area contributed by atoms with Gasteiger partial charge < -0.3 is 10.2 Å². The summed E-state index contributed by atoms with van der Waals surface area (Å²) in [5, 5.41) is 2.72. The zero-order valence-electron chi connectivity index (χ0n) is 18.0. The van der Waals surface area contributed by atoms with Crippen molar-refractivity contribution in [3.8, 4) is 0 Å². The fourth-order valence-electron chi connectivity index (χ4n) is 4.89. The summed E-state index contributed by atoms with van der Waals surface area (Å²) in [6, 6.07) is 6.61. The third kappa shape index (κ3) is 4.43. The molecule has 0 radical (unpaired) electrons. The Balaban J connectivity index is 1.37. The van der Waals surface area contributed by atoms with Gasteiger partial charge in [-0.3, -0.25) is 19.3 Å². The number of nitrogens with zero attached hydrogens (tertiary/aromatic N) is 3. The van der Waals surface area contributed by atoms with Crippen molar-refractivity contribution in [1.29, 1.82) is 0 Å². The number of benzene rings is 1. The summed E-state index contributed by atoms with van der Waals surface area (Å²) < 4.78 is 0. The highest BCUT2D eigenvalue weighted by Gasteiger charge is 2.49. The average molecular weight is 427 g/mol. The zero-order chi connectivity index (χ0) is 22.0. The van der Waals surface area contributed by atoms with Crippen LogP contribution in [0.3, 0.4) is 0 Å². The summed E-state index contributed by atoms with van der Waals surface area (Å²) in [6.07, 6.45) is 7.24. The molecule has 1 aromatic rings. The molecule has 8 heteroatoms. The first-order valence-corrected chi connectivity index (χ1v) is 11.3. The molecular formula is C23H30N4O4. The quantitative estimate of drug-likeness (QED) is 0.577. The highest BCUT2D eigenvalue weighted by Crippen LogP contribution is 2.31. The number of urea groups is 1. The van der Waals surface area contributed by atoms with E-state index >= 15 is 0 Å². The molecule has 3 aliphatic rings. The number of imide groups is 2. The summed E-state index contributed by atoms with van der Waals surface area (Å²) in [4.78, 5) is 54.4. The third-order valence-corrected chi connectivity index (χ3v) is 6.66. The molecule has 2 heterocycles. The molecule has 8 nitrogen and oxygen atoms in total. The van der Waals surface area contributed by atoms with Crippen molar-refractivity contribution in [2.45, 2.75) is 57.9 Å². The molecule has 0 spiro atoms. The molecule has 0 unspecified atom stereocenters. The molecule has 5 amide bonds. The van der Waals surface area contributed by atoms with Gasteiger partial charge in [0.15, 0.2) is 0 Å². The van der Waals surface area contributed by atoms with Crippen LogP contribution in [-0.4, -0.2) is 59.2 Å². The Labute approximate surface area is 182 Å². The molecule has 3 fully saturated rings. The van der Waals surface area contributed by atoms with Gasteiger partial charge in [-0.25, -0.2) is 9.69 Å². The van der Waals surface area contributed by atoms with E-state index in [0.29, 0.717) is 12.1 Å². The fourth-order valence-corrected chi connectivity index (χ4v) is 4.89. The molecule has 166 valence electrons. The number of hydrogen-bond acceptors (Lipinski definition) is 5.